The fraction of sp³-hybridized carbons (Fsp3) is 0.500. The summed E-state index contributed by atoms with van der Waals surface area (Å²) in [7, 11) is 2.12. The van der Waals surface area contributed by atoms with Gasteiger partial charge in [-0.25, -0.2) is 4.98 Å². The number of hydrogen-bond donors (Lipinski definition) is 0. The number of nitrogens with zero attached hydrogens (tertiary/aromatic N) is 2. The number of aryl methyl sites for hydroxylation is 1. The molecule has 0 bridgehead atoms. The lowest BCUT2D eigenvalue weighted by Crippen LogP contribution is -2.31. The van der Waals surface area contributed by atoms with Crippen molar-refractivity contribution in [2.24, 2.45) is 0 Å². The summed E-state index contributed by atoms with van der Waals surface area (Å²) in [4.78, 5) is 6.92. The van der Waals surface area contributed by atoms with Gasteiger partial charge in [0.25, 0.3) is 0 Å². The smallest absolute Gasteiger partial charge is 0.227 e. The van der Waals surface area contributed by atoms with Crippen molar-refractivity contribution in [3.8, 4) is 11.5 Å². The minimum Gasteiger partial charge on any atom is -0.441 e. The van der Waals surface area contributed by atoms with E-state index < -0.39 is 0 Å². The summed E-state index contributed by atoms with van der Waals surface area (Å²) >= 11 is 1.66. The fourth-order valence-corrected chi connectivity index (χ4v) is 2.95. The molecule has 1 aliphatic heterocycles. The Morgan fingerprint density at radius 2 is 2.42 bits per heavy atom. The van der Waals surface area contributed by atoms with Crippen molar-refractivity contribution in [1.82, 2.24) is 9.88 Å². The quantitative estimate of drug-likeness (QED) is 0.862. The van der Waals surface area contributed by atoms with Crippen LogP contribution in [0.1, 0.15) is 17.9 Å². The van der Waals surface area contributed by atoms with Gasteiger partial charge < -0.3 is 9.15 Å². The summed E-state index contributed by atoms with van der Waals surface area (Å²) in [6.45, 7) is 4.49. The highest BCUT2D eigenvalue weighted by Gasteiger charge is 2.22. The first-order valence-corrected chi connectivity index (χ1v) is 7.45. The third-order valence-corrected chi connectivity index (χ3v) is 4.27. The molecule has 4 nitrogen and oxygen atoms in total. The van der Waals surface area contributed by atoms with E-state index in [4.69, 9.17) is 9.15 Å². The highest BCUT2D eigenvalue weighted by molar-refractivity contribution is 7.08. The molecule has 0 aliphatic carbocycles. The Labute approximate surface area is 117 Å². The van der Waals surface area contributed by atoms with Crippen LogP contribution < -0.4 is 0 Å². The molecule has 3 heterocycles. The van der Waals surface area contributed by atoms with Crippen molar-refractivity contribution >= 4 is 11.3 Å². The van der Waals surface area contributed by atoms with Gasteiger partial charge in [0.1, 0.15) is 5.76 Å². The Morgan fingerprint density at radius 3 is 3.11 bits per heavy atom. The second-order valence-corrected chi connectivity index (χ2v) is 5.75. The van der Waals surface area contributed by atoms with E-state index in [2.05, 4.69) is 22.3 Å². The van der Waals surface area contributed by atoms with Gasteiger partial charge in [0.2, 0.25) is 5.89 Å². The molecule has 3 rings (SSSR count). The van der Waals surface area contributed by atoms with E-state index in [9.17, 15) is 0 Å². The molecule has 0 N–H and O–H groups in total. The highest BCUT2D eigenvalue weighted by atomic mass is 32.1. The molecule has 2 aromatic rings. The van der Waals surface area contributed by atoms with Crippen molar-refractivity contribution in [3.63, 3.8) is 0 Å². The molecule has 5 heteroatoms. The number of rotatable bonds is 4. The number of aromatic nitrogens is 1. The van der Waals surface area contributed by atoms with Crippen LogP contribution in [0.5, 0.6) is 0 Å². The molecule has 19 heavy (non-hydrogen) atoms. The minimum atomic E-state index is 0.501. The molecule has 0 aromatic carbocycles. The maximum Gasteiger partial charge on any atom is 0.227 e. The van der Waals surface area contributed by atoms with Gasteiger partial charge in [-0.1, -0.05) is 0 Å². The Balaban J connectivity index is 1.74. The summed E-state index contributed by atoms with van der Waals surface area (Å²) in [5, 5.41) is 4.10. The van der Waals surface area contributed by atoms with Gasteiger partial charge in [0, 0.05) is 30.1 Å². The fourth-order valence-electron chi connectivity index (χ4n) is 2.32. The van der Waals surface area contributed by atoms with Gasteiger partial charge in [0.15, 0.2) is 0 Å². The first kappa shape index (κ1) is 12.8. The van der Waals surface area contributed by atoms with Crippen LogP contribution in [0.3, 0.4) is 0 Å². The maximum absolute atomic E-state index is 5.76. The van der Waals surface area contributed by atoms with Crippen LogP contribution >= 0.6 is 11.3 Å². The largest absolute Gasteiger partial charge is 0.441 e. The van der Waals surface area contributed by atoms with E-state index in [-0.39, 0.29) is 0 Å². The molecule has 0 radical (unpaired) electrons. The maximum atomic E-state index is 5.76. The topological polar surface area (TPSA) is 38.5 Å². The SMILES string of the molecule is Cc1oc(-c2ccsc2)nc1CN(C)C1CCOC1. The van der Waals surface area contributed by atoms with Crippen LogP contribution in [0.4, 0.5) is 0 Å². The zero-order valence-electron chi connectivity index (χ0n) is 11.3. The van der Waals surface area contributed by atoms with Crippen LogP contribution in [-0.2, 0) is 11.3 Å². The molecule has 2 aromatic heterocycles. The van der Waals surface area contributed by atoms with Gasteiger partial charge in [-0.15, -0.1) is 0 Å². The number of ether oxygens (including phenoxy) is 1. The van der Waals surface area contributed by atoms with E-state index in [0.29, 0.717) is 6.04 Å². The average molecular weight is 278 g/mol. The normalized spacial score (nSPS) is 19.4. The molecule has 1 fully saturated rings. The zero-order chi connectivity index (χ0) is 13.2. The third kappa shape index (κ3) is 2.73. The first-order valence-electron chi connectivity index (χ1n) is 6.51. The van der Waals surface area contributed by atoms with E-state index in [0.717, 1.165) is 49.1 Å². The number of oxazole rings is 1. The second kappa shape index (κ2) is 5.45. The summed E-state index contributed by atoms with van der Waals surface area (Å²) < 4.78 is 11.2. The lowest BCUT2D eigenvalue weighted by molar-refractivity contribution is 0.155. The van der Waals surface area contributed by atoms with Crippen molar-refractivity contribution in [1.29, 1.82) is 0 Å². The average Bonchev–Trinajstić information content (AvgIpc) is 3.09. The standard InChI is InChI=1S/C14H18N2O2S/c1-10-13(7-16(2)12-3-5-17-8-12)15-14(18-10)11-4-6-19-9-11/h4,6,9,12H,3,5,7-8H2,1-2H3. The van der Waals surface area contributed by atoms with Crippen LogP contribution in [0, 0.1) is 6.92 Å². The second-order valence-electron chi connectivity index (χ2n) is 4.97. The Hall–Kier alpha value is -1.17. The summed E-state index contributed by atoms with van der Waals surface area (Å²) in [6, 6.07) is 2.54. The molecule has 1 aliphatic rings. The van der Waals surface area contributed by atoms with Gasteiger partial charge in [-0.2, -0.15) is 11.3 Å². The van der Waals surface area contributed by atoms with E-state index in [1.165, 1.54) is 0 Å². The van der Waals surface area contributed by atoms with Crippen LogP contribution in [0.25, 0.3) is 11.5 Å². The van der Waals surface area contributed by atoms with Crippen molar-refractivity contribution < 1.29 is 9.15 Å². The number of hydrogen-bond acceptors (Lipinski definition) is 5. The van der Waals surface area contributed by atoms with Crippen molar-refractivity contribution in [3.05, 3.63) is 28.3 Å². The lowest BCUT2D eigenvalue weighted by Gasteiger charge is -2.21. The predicted octanol–water partition coefficient (Wildman–Crippen LogP) is 2.93. The van der Waals surface area contributed by atoms with E-state index >= 15 is 0 Å². The molecule has 0 saturated carbocycles. The van der Waals surface area contributed by atoms with Crippen LogP contribution in [0.2, 0.25) is 0 Å². The van der Waals surface area contributed by atoms with Crippen LogP contribution in [0.15, 0.2) is 21.2 Å². The number of likely N-dealkylation sites (N-methyl/N-ethyl adjacent to an activating group) is 1. The monoisotopic (exact) mass is 278 g/mol. The Kier molecular flexibility index (Phi) is 3.68. The molecule has 0 amide bonds. The Morgan fingerprint density at radius 1 is 1.53 bits per heavy atom. The summed E-state index contributed by atoms with van der Waals surface area (Å²) in [5.74, 6) is 1.64. The lowest BCUT2D eigenvalue weighted by atomic mass is 10.2. The van der Waals surface area contributed by atoms with Crippen molar-refractivity contribution in [2.75, 3.05) is 20.3 Å². The minimum absolute atomic E-state index is 0.501. The molecule has 1 saturated heterocycles. The van der Waals surface area contributed by atoms with Gasteiger partial charge in [-0.05, 0) is 31.8 Å². The zero-order valence-corrected chi connectivity index (χ0v) is 12.1. The van der Waals surface area contributed by atoms with E-state index in [1.54, 1.807) is 11.3 Å². The van der Waals surface area contributed by atoms with E-state index in [1.807, 2.05) is 18.4 Å². The molecule has 1 unspecified atom stereocenters. The molecular formula is C14H18N2O2S. The highest BCUT2D eigenvalue weighted by Crippen LogP contribution is 2.25. The van der Waals surface area contributed by atoms with Gasteiger partial charge in [0.05, 0.1) is 12.3 Å². The Bertz CT molecular complexity index is 530. The summed E-state index contributed by atoms with van der Waals surface area (Å²) in [5.41, 5.74) is 2.09. The van der Waals surface area contributed by atoms with Gasteiger partial charge >= 0.3 is 0 Å². The first-order chi connectivity index (χ1) is 9.24. The van der Waals surface area contributed by atoms with Crippen molar-refractivity contribution in [2.45, 2.75) is 25.9 Å². The molecule has 0 spiro atoms. The molecule has 102 valence electrons. The van der Waals surface area contributed by atoms with Gasteiger partial charge in [-0.3, -0.25) is 4.90 Å². The predicted molar refractivity (Wildman–Crippen MR) is 75.2 cm³/mol. The number of thiophene rings is 1. The molecule has 1 atom stereocenters. The summed E-state index contributed by atoms with van der Waals surface area (Å²) in [6.07, 6.45) is 1.10. The van der Waals surface area contributed by atoms with Crippen LogP contribution in [-0.4, -0.2) is 36.2 Å². The third-order valence-electron chi connectivity index (χ3n) is 3.59. The molecular weight excluding hydrogens is 260 g/mol.